The smallest absolute Gasteiger partial charge is 0.416 e. The third kappa shape index (κ3) is 4.42. The maximum absolute atomic E-state index is 12.5. The first-order valence-corrected chi connectivity index (χ1v) is 5.49. The number of carbonyl (C=O) groups excluding carboxylic acids is 2. The number of benzene rings is 1. The van der Waals surface area contributed by atoms with Gasteiger partial charge in [-0.25, -0.2) is 4.79 Å². The van der Waals surface area contributed by atoms with Crippen molar-refractivity contribution in [3.8, 4) is 0 Å². The molecule has 1 amide bonds. The second-order valence-corrected chi connectivity index (χ2v) is 3.89. The number of methoxy groups -OCH3 is 1. The van der Waals surface area contributed by atoms with Crippen LogP contribution in [0.15, 0.2) is 35.9 Å². The normalized spacial score (nSPS) is 11.9. The molecule has 1 aromatic carbocycles. The Balaban J connectivity index is 2.84. The number of amides is 1. The fourth-order valence-corrected chi connectivity index (χ4v) is 1.37. The molecule has 1 N–H and O–H groups in total. The van der Waals surface area contributed by atoms with Crippen LogP contribution in [-0.2, 0) is 20.5 Å². The third-order valence-corrected chi connectivity index (χ3v) is 2.31. The van der Waals surface area contributed by atoms with Gasteiger partial charge in [-0.05, 0) is 25.1 Å². The Kier molecular flexibility index (Phi) is 4.90. The van der Waals surface area contributed by atoms with Crippen molar-refractivity contribution in [3.05, 3.63) is 41.5 Å². The van der Waals surface area contributed by atoms with E-state index in [4.69, 9.17) is 0 Å². The molecule has 0 heterocycles. The van der Waals surface area contributed by atoms with Gasteiger partial charge in [0.25, 0.3) is 0 Å². The predicted molar refractivity (Wildman–Crippen MR) is 65.8 cm³/mol. The standard InChI is InChI=1S/C13H12F3NO3/c1-8(12(19)20-2)6-11(18)17-10-5-3-4-9(7-10)13(14,15)16/h3-7H,1-2H3,(H,17,18)/b8-6+. The van der Waals surface area contributed by atoms with Crippen molar-refractivity contribution in [3.63, 3.8) is 0 Å². The lowest BCUT2D eigenvalue weighted by Gasteiger charge is -2.09. The molecule has 4 nitrogen and oxygen atoms in total. The number of nitrogens with one attached hydrogen (secondary N) is 1. The quantitative estimate of drug-likeness (QED) is 0.687. The second-order valence-electron chi connectivity index (χ2n) is 3.89. The van der Waals surface area contributed by atoms with E-state index in [1.165, 1.54) is 19.1 Å². The minimum atomic E-state index is -4.49. The maximum Gasteiger partial charge on any atom is 0.416 e. The highest BCUT2D eigenvalue weighted by Gasteiger charge is 2.30. The molecule has 0 bridgehead atoms. The number of anilines is 1. The van der Waals surface area contributed by atoms with E-state index < -0.39 is 23.6 Å². The molecule has 0 aliphatic heterocycles. The van der Waals surface area contributed by atoms with Crippen LogP contribution in [0.4, 0.5) is 18.9 Å². The summed E-state index contributed by atoms with van der Waals surface area (Å²) in [6, 6.07) is 4.19. The van der Waals surface area contributed by atoms with E-state index in [0.29, 0.717) is 0 Å². The van der Waals surface area contributed by atoms with Crippen molar-refractivity contribution < 1.29 is 27.5 Å². The van der Waals surface area contributed by atoms with E-state index in [2.05, 4.69) is 10.1 Å². The second kappa shape index (κ2) is 6.23. The first-order chi connectivity index (χ1) is 9.24. The van der Waals surface area contributed by atoms with Gasteiger partial charge in [0.2, 0.25) is 5.91 Å². The van der Waals surface area contributed by atoms with Crippen molar-refractivity contribution >= 4 is 17.6 Å². The van der Waals surface area contributed by atoms with Crippen molar-refractivity contribution in [2.75, 3.05) is 12.4 Å². The van der Waals surface area contributed by atoms with Gasteiger partial charge < -0.3 is 10.1 Å². The van der Waals surface area contributed by atoms with Gasteiger partial charge in [0.15, 0.2) is 0 Å². The first-order valence-electron chi connectivity index (χ1n) is 5.49. The molecule has 0 atom stereocenters. The number of rotatable bonds is 3. The Bertz CT molecular complexity index is 550. The summed E-state index contributed by atoms with van der Waals surface area (Å²) in [6.45, 7) is 1.36. The van der Waals surface area contributed by atoms with Gasteiger partial charge in [0.05, 0.1) is 12.7 Å². The Hall–Kier alpha value is -2.31. The lowest BCUT2D eigenvalue weighted by molar-refractivity contribution is -0.137. The van der Waals surface area contributed by atoms with Crippen LogP contribution in [0.5, 0.6) is 0 Å². The highest BCUT2D eigenvalue weighted by Crippen LogP contribution is 2.30. The van der Waals surface area contributed by atoms with Crippen molar-refractivity contribution in [2.45, 2.75) is 13.1 Å². The summed E-state index contributed by atoms with van der Waals surface area (Å²) in [5.41, 5.74) is -0.848. The number of ether oxygens (including phenoxy) is 1. The molecule has 7 heteroatoms. The maximum atomic E-state index is 12.5. The van der Waals surface area contributed by atoms with Crippen LogP contribution >= 0.6 is 0 Å². The average Bonchev–Trinajstić information content (AvgIpc) is 2.36. The van der Waals surface area contributed by atoms with Gasteiger partial charge in [0.1, 0.15) is 0 Å². The van der Waals surface area contributed by atoms with Crippen molar-refractivity contribution in [2.24, 2.45) is 0 Å². The highest BCUT2D eigenvalue weighted by molar-refractivity contribution is 6.04. The van der Waals surface area contributed by atoms with E-state index in [1.54, 1.807) is 0 Å². The van der Waals surface area contributed by atoms with Crippen LogP contribution in [0.3, 0.4) is 0 Å². The molecule has 0 unspecified atom stereocenters. The Morgan fingerprint density at radius 3 is 2.50 bits per heavy atom. The van der Waals surface area contributed by atoms with Crippen LogP contribution < -0.4 is 5.32 Å². The highest BCUT2D eigenvalue weighted by atomic mass is 19.4. The van der Waals surface area contributed by atoms with Gasteiger partial charge in [-0.1, -0.05) is 6.07 Å². The Morgan fingerprint density at radius 2 is 1.95 bits per heavy atom. The summed E-state index contributed by atoms with van der Waals surface area (Å²) in [6.07, 6.45) is -3.54. The minimum absolute atomic E-state index is 0.0151. The Morgan fingerprint density at radius 1 is 1.30 bits per heavy atom. The van der Waals surface area contributed by atoms with Crippen LogP contribution in [-0.4, -0.2) is 19.0 Å². The molecule has 108 valence electrons. The van der Waals surface area contributed by atoms with Crippen molar-refractivity contribution in [1.82, 2.24) is 0 Å². The van der Waals surface area contributed by atoms with Crippen LogP contribution in [0.2, 0.25) is 0 Å². The number of hydrogen-bond donors (Lipinski definition) is 1. The minimum Gasteiger partial charge on any atom is -0.466 e. The molecule has 0 saturated carbocycles. The lowest BCUT2D eigenvalue weighted by Crippen LogP contribution is -2.12. The molecular weight excluding hydrogens is 275 g/mol. The predicted octanol–water partition coefficient (Wildman–Crippen LogP) is 2.76. The zero-order valence-electron chi connectivity index (χ0n) is 10.7. The topological polar surface area (TPSA) is 55.4 Å². The van der Waals surface area contributed by atoms with Gasteiger partial charge in [0, 0.05) is 17.3 Å². The first kappa shape index (κ1) is 15.7. The van der Waals surface area contributed by atoms with Crippen LogP contribution in [0.1, 0.15) is 12.5 Å². The summed E-state index contributed by atoms with van der Waals surface area (Å²) in [7, 11) is 1.16. The van der Waals surface area contributed by atoms with E-state index in [-0.39, 0.29) is 11.3 Å². The summed E-state index contributed by atoms with van der Waals surface area (Å²) in [5, 5.41) is 2.24. The molecule has 0 aliphatic rings. The van der Waals surface area contributed by atoms with Gasteiger partial charge in [-0.2, -0.15) is 13.2 Å². The van der Waals surface area contributed by atoms with E-state index in [1.807, 2.05) is 0 Å². The number of alkyl halides is 3. The van der Waals surface area contributed by atoms with E-state index >= 15 is 0 Å². The molecule has 1 aromatic rings. The molecule has 0 aliphatic carbocycles. The molecule has 0 aromatic heterocycles. The largest absolute Gasteiger partial charge is 0.466 e. The summed E-state index contributed by atoms with van der Waals surface area (Å²) in [4.78, 5) is 22.6. The van der Waals surface area contributed by atoms with E-state index in [0.717, 1.165) is 25.3 Å². The summed E-state index contributed by atoms with van der Waals surface area (Å²) in [5.74, 6) is -1.41. The SMILES string of the molecule is COC(=O)/C(C)=C/C(=O)Nc1cccc(C(F)(F)F)c1. The number of hydrogen-bond acceptors (Lipinski definition) is 3. The fraction of sp³-hybridized carbons (Fsp3) is 0.231. The molecule has 0 radical (unpaired) electrons. The molecule has 1 rings (SSSR count). The average molecular weight is 287 g/mol. The zero-order chi connectivity index (χ0) is 15.3. The number of esters is 1. The van der Waals surface area contributed by atoms with Gasteiger partial charge >= 0.3 is 12.1 Å². The van der Waals surface area contributed by atoms with Crippen LogP contribution in [0, 0.1) is 0 Å². The number of carbonyl (C=O) groups is 2. The Labute approximate surface area is 113 Å². The van der Waals surface area contributed by atoms with Gasteiger partial charge in [-0.3, -0.25) is 4.79 Å². The number of halogens is 3. The van der Waals surface area contributed by atoms with Crippen molar-refractivity contribution in [1.29, 1.82) is 0 Å². The lowest BCUT2D eigenvalue weighted by atomic mass is 10.2. The molecule has 0 fully saturated rings. The fourth-order valence-electron chi connectivity index (χ4n) is 1.37. The summed E-state index contributed by atoms with van der Waals surface area (Å²) < 4.78 is 41.8. The monoisotopic (exact) mass is 287 g/mol. The molecular formula is C13H12F3NO3. The molecule has 0 saturated heterocycles. The van der Waals surface area contributed by atoms with E-state index in [9.17, 15) is 22.8 Å². The third-order valence-electron chi connectivity index (χ3n) is 2.31. The zero-order valence-corrected chi connectivity index (χ0v) is 10.7. The molecule has 0 spiro atoms. The summed E-state index contributed by atoms with van der Waals surface area (Å²) >= 11 is 0. The van der Waals surface area contributed by atoms with Gasteiger partial charge in [-0.15, -0.1) is 0 Å². The molecule has 20 heavy (non-hydrogen) atoms. The van der Waals surface area contributed by atoms with Crippen LogP contribution in [0.25, 0.3) is 0 Å².